The van der Waals surface area contributed by atoms with E-state index in [1.807, 2.05) is 18.2 Å². The normalized spacial score (nSPS) is 18.8. The van der Waals surface area contributed by atoms with Crippen LogP contribution in [0.5, 0.6) is 11.5 Å². The lowest BCUT2D eigenvalue weighted by Gasteiger charge is -2.35. The minimum absolute atomic E-state index is 0. The quantitative estimate of drug-likeness (QED) is 0.679. The first kappa shape index (κ1) is 20.2. The van der Waals surface area contributed by atoms with E-state index in [4.69, 9.17) is 19.3 Å². The summed E-state index contributed by atoms with van der Waals surface area (Å²) in [5.74, 6) is 1.51. The lowest BCUT2D eigenvalue weighted by molar-refractivity contribution is 0.000497. The van der Waals surface area contributed by atoms with E-state index >= 15 is 0 Å². The molecule has 1 fully saturated rings. The fourth-order valence-corrected chi connectivity index (χ4v) is 3.03. The van der Waals surface area contributed by atoms with Crippen LogP contribution < -0.4 is 9.47 Å². The molecule has 1 aromatic rings. The highest BCUT2D eigenvalue weighted by Crippen LogP contribution is 2.32. The molecule has 0 aliphatic carbocycles. The molecule has 2 heterocycles. The van der Waals surface area contributed by atoms with Crippen LogP contribution in [-0.4, -0.2) is 85.4 Å². The predicted octanol–water partition coefficient (Wildman–Crippen LogP) is 0.324. The third kappa shape index (κ3) is 5.99. The molecule has 1 unspecified atom stereocenters. The summed E-state index contributed by atoms with van der Waals surface area (Å²) >= 11 is 0. The minimum atomic E-state index is -0.497. The second-order valence-electron chi connectivity index (χ2n) is 6.22. The molecule has 1 saturated heterocycles. The van der Waals surface area contributed by atoms with Crippen molar-refractivity contribution in [2.75, 3.05) is 59.3 Å². The van der Waals surface area contributed by atoms with E-state index in [0.717, 1.165) is 49.8 Å². The number of halogens is 1. The Morgan fingerprint density at radius 1 is 1.08 bits per heavy atom. The van der Waals surface area contributed by atoms with Gasteiger partial charge in [0.15, 0.2) is 11.5 Å². The molecular formula is C17H27ClN2O5. The zero-order valence-corrected chi connectivity index (χ0v) is 15.1. The number of aliphatic hydroxyl groups excluding tert-OH is 2. The van der Waals surface area contributed by atoms with Crippen LogP contribution in [0.25, 0.3) is 0 Å². The summed E-state index contributed by atoms with van der Waals surface area (Å²) in [7, 11) is 0. The lowest BCUT2D eigenvalue weighted by Crippen LogP contribution is -2.49. The Kier molecular flexibility index (Phi) is 8.21. The Morgan fingerprint density at radius 2 is 1.80 bits per heavy atom. The number of hydrogen-bond donors (Lipinski definition) is 2. The predicted molar refractivity (Wildman–Crippen MR) is 95.4 cm³/mol. The van der Waals surface area contributed by atoms with Crippen molar-refractivity contribution in [3.05, 3.63) is 23.8 Å². The number of hydrogen-bond acceptors (Lipinski definition) is 7. The molecule has 0 aromatic heterocycles. The van der Waals surface area contributed by atoms with E-state index in [0.29, 0.717) is 19.8 Å². The van der Waals surface area contributed by atoms with E-state index in [1.54, 1.807) is 0 Å². The Balaban J connectivity index is 0.00000225. The van der Waals surface area contributed by atoms with Crippen LogP contribution in [0.3, 0.4) is 0 Å². The van der Waals surface area contributed by atoms with Gasteiger partial charge in [-0.3, -0.25) is 9.80 Å². The molecule has 0 saturated carbocycles. The van der Waals surface area contributed by atoms with Crippen LogP contribution in [0, 0.1) is 0 Å². The Labute approximate surface area is 154 Å². The lowest BCUT2D eigenvalue weighted by atomic mass is 10.2. The molecule has 0 spiro atoms. The highest BCUT2D eigenvalue weighted by atomic mass is 35.5. The van der Waals surface area contributed by atoms with Crippen molar-refractivity contribution >= 4 is 12.4 Å². The zero-order chi connectivity index (χ0) is 16.8. The minimum Gasteiger partial charge on any atom is -0.454 e. The second-order valence-corrected chi connectivity index (χ2v) is 6.22. The number of aliphatic hydroxyl groups is 2. The molecule has 0 radical (unpaired) electrons. The molecule has 8 heteroatoms. The Hall–Kier alpha value is -1.09. The molecule has 2 aliphatic rings. The van der Waals surface area contributed by atoms with E-state index in [9.17, 15) is 5.11 Å². The Morgan fingerprint density at radius 3 is 2.56 bits per heavy atom. The summed E-state index contributed by atoms with van der Waals surface area (Å²) in [6.45, 7) is 6.28. The summed E-state index contributed by atoms with van der Waals surface area (Å²) in [5.41, 5.74) is 1.00. The Bertz CT molecular complexity index is 526. The number of nitrogens with zero attached hydrogens (tertiary/aromatic N) is 2. The molecule has 25 heavy (non-hydrogen) atoms. The van der Waals surface area contributed by atoms with Gasteiger partial charge in [-0.25, -0.2) is 0 Å². The molecule has 3 rings (SSSR count). The van der Waals surface area contributed by atoms with Gasteiger partial charge in [0, 0.05) is 39.3 Å². The van der Waals surface area contributed by atoms with Crippen LogP contribution in [0.4, 0.5) is 0 Å². The van der Waals surface area contributed by atoms with Gasteiger partial charge in [-0.15, -0.1) is 12.4 Å². The van der Waals surface area contributed by atoms with Crippen molar-refractivity contribution < 1.29 is 24.4 Å². The molecule has 1 atom stereocenters. The summed E-state index contributed by atoms with van der Waals surface area (Å²) < 4.78 is 16.2. The third-order valence-corrected chi connectivity index (χ3v) is 4.37. The van der Waals surface area contributed by atoms with Gasteiger partial charge in [-0.2, -0.15) is 0 Å². The van der Waals surface area contributed by atoms with Crippen molar-refractivity contribution in [3.63, 3.8) is 0 Å². The van der Waals surface area contributed by atoms with Crippen LogP contribution in [-0.2, 0) is 11.3 Å². The zero-order valence-electron chi connectivity index (χ0n) is 14.3. The average molecular weight is 375 g/mol. The van der Waals surface area contributed by atoms with Crippen molar-refractivity contribution in [2.24, 2.45) is 0 Å². The van der Waals surface area contributed by atoms with Crippen molar-refractivity contribution in [1.29, 1.82) is 0 Å². The van der Waals surface area contributed by atoms with E-state index < -0.39 is 6.10 Å². The summed E-state index contributed by atoms with van der Waals surface area (Å²) in [5, 5.41) is 19.1. The number of β-amino-alcohol motifs (C(OH)–C–C–N with tert-alkyl or cyclic N) is 2. The first-order valence-corrected chi connectivity index (χ1v) is 8.44. The van der Waals surface area contributed by atoms with Gasteiger partial charge >= 0.3 is 0 Å². The first-order valence-electron chi connectivity index (χ1n) is 8.44. The molecule has 0 bridgehead atoms. The monoisotopic (exact) mass is 374 g/mol. The highest BCUT2D eigenvalue weighted by molar-refractivity contribution is 5.85. The van der Waals surface area contributed by atoms with E-state index in [1.165, 1.54) is 0 Å². The van der Waals surface area contributed by atoms with Gasteiger partial charge in [-0.1, -0.05) is 6.07 Å². The van der Waals surface area contributed by atoms with Crippen LogP contribution in [0.15, 0.2) is 18.2 Å². The number of piperazine rings is 1. The average Bonchev–Trinajstić information content (AvgIpc) is 3.05. The van der Waals surface area contributed by atoms with Crippen molar-refractivity contribution in [1.82, 2.24) is 9.80 Å². The summed E-state index contributed by atoms with van der Waals surface area (Å²) in [6, 6.07) is 5.73. The van der Waals surface area contributed by atoms with Crippen LogP contribution >= 0.6 is 12.4 Å². The van der Waals surface area contributed by atoms with E-state index in [2.05, 4.69) is 9.80 Å². The van der Waals surface area contributed by atoms with Gasteiger partial charge in [0.2, 0.25) is 6.79 Å². The molecule has 142 valence electrons. The van der Waals surface area contributed by atoms with Crippen LogP contribution in [0.1, 0.15) is 5.56 Å². The SMILES string of the molecule is Cl.OCCN1CCN(CC(O)COCc2ccc3c(c2)OCO3)CC1. The maximum Gasteiger partial charge on any atom is 0.231 e. The van der Waals surface area contributed by atoms with Gasteiger partial charge in [0.1, 0.15) is 0 Å². The summed E-state index contributed by atoms with van der Waals surface area (Å²) in [6.07, 6.45) is -0.497. The molecular weight excluding hydrogens is 348 g/mol. The standard InChI is InChI=1S/C17H26N2O5.ClH/c20-8-7-18-3-5-19(6-4-18)10-15(21)12-22-11-14-1-2-16-17(9-14)24-13-23-16;/h1-2,9,15,20-21H,3-8,10-13H2;1H. The van der Waals surface area contributed by atoms with Crippen LogP contribution in [0.2, 0.25) is 0 Å². The largest absolute Gasteiger partial charge is 0.454 e. The van der Waals surface area contributed by atoms with Gasteiger partial charge in [0.25, 0.3) is 0 Å². The van der Waals surface area contributed by atoms with Crippen molar-refractivity contribution in [3.8, 4) is 11.5 Å². The van der Waals surface area contributed by atoms with E-state index in [-0.39, 0.29) is 25.8 Å². The highest BCUT2D eigenvalue weighted by Gasteiger charge is 2.19. The second kappa shape index (κ2) is 10.2. The molecule has 2 aliphatic heterocycles. The maximum atomic E-state index is 10.1. The molecule has 7 nitrogen and oxygen atoms in total. The van der Waals surface area contributed by atoms with Crippen molar-refractivity contribution in [2.45, 2.75) is 12.7 Å². The molecule has 1 aromatic carbocycles. The fraction of sp³-hybridized carbons (Fsp3) is 0.647. The number of fused-ring (bicyclic) bond motifs is 1. The molecule has 2 N–H and O–H groups in total. The number of ether oxygens (including phenoxy) is 3. The summed E-state index contributed by atoms with van der Waals surface area (Å²) in [4.78, 5) is 4.47. The first-order chi connectivity index (χ1) is 11.7. The smallest absolute Gasteiger partial charge is 0.231 e. The maximum absolute atomic E-state index is 10.1. The van der Waals surface area contributed by atoms with Gasteiger partial charge < -0.3 is 24.4 Å². The fourth-order valence-electron chi connectivity index (χ4n) is 3.03. The molecule has 0 amide bonds. The topological polar surface area (TPSA) is 74.6 Å². The third-order valence-electron chi connectivity index (χ3n) is 4.37. The number of rotatable bonds is 8. The van der Waals surface area contributed by atoms with Gasteiger partial charge in [0.05, 0.1) is 25.9 Å². The number of benzene rings is 1. The van der Waals surface area contributed by atoms with Gasteiger partial charge in [-0.05, 0) is 17.7 Å².